The Morgan fingerprint density at radius 3 is 2.58 bits per heavy atom. The normalized spacial score (nSPS) is 14.7. The van der Waals surface area contributed by atoms with E-state index in [2.05, 4.69) is 17.1 Å². The van der Waals surface area contributed by atoms with Crippen LogP contribution < -0.4 is 15.8 Å². The minimum atomic E-state index is -0.333. The molecule has 0 saturated carbocycles. The van der Waals surface area contributed by atoms with Crippen molar-refractivity contribution in [3.63, 3.8) is 0 Å². The van der Waals surface area contributed by atoms with Crippen molar-refractivity contribution in [3.05, 3.63) is 63.9 Å². The Bertz CT molecular complexity index is 1240. The van der Waals surface area contributed by atoms with Crippen LogP contribution in [0, 0.1) is 6.92 Å². The summed E-state index contributed by atoms with van der Waals surface area (Å²) in [6.45, 7) is 10.2. The lowest BCUT2D eigenvalue weighted by Crippen LogP contribution is -2.36. The summed E-state index contributed by atoms with van der Waals surface area (Å²) in [6.07, 6.45) is 2.49. The molecule has 2 aromatic carbocycles. The number of nitrogens with one attached hydrogen (secondary N) is 1. The molecule has 8 heteroatoms. The van der Waals surface area contributed by atoms with Crippen LogP contribution in [0.15, 0.2) is 52.4 Å². The van der Waals surface area contributed by atoms with Crippen molar-refractivity contribution in [3.8, 4) is 0 Å². The number of rotatable bonds is 10. The Labute approximate surface area is 217 Å². The first-order chi connectivity index (χ1) is 17.5. The molecule has 1 aromatic heterocycles. The standard InChI is InChI=1S/C28H36N4O3S/c1-4-6-13-32-27(34)23-18-22(31-14-16-35-17-15-31)11-12-24(23)30-28(32)36-25(5-2)26(33)29-19-21-9-7-20(3)8-10-21/h7-12,18,25H,4-6,13-17,19H2,1-3H3,(H,29,33)/t25-/m0/s1. The molecular weight excluding hydrogens is 472 g/mol. The van der Waals surface area contributed by atoms with Gasteiger partial charge in [0.05, 0.1) is 29.4 Å². The molecule has 1 atom stereocenters. The molecule has 1 amide bonds. The van der Waals surface area contributed by atoms with Gasteiger partial charge in [0.1, 0.15) is 0 Å². The Hall–Kier alpha value is -2.84. The number of morpholine rings is 1. The fourth-order valence-electron chi connectivity index (χ4n) is 4.27. The van der Waals surface area contributed by atoms with Crippen LogP contribution in [0.2, 0.25) is 0 Å². The summed E-state index contributed by atoms with van der Waals surface area (Å²) in [6, 6.07) is 14.1. The van der Waals surface area contributed by atoms with E-state index in [0.717, 1.165) is 37.2 Å². The molecule has 0 unspecified atom stereocenters. The molecule has 1 N–H and O–H groups in total. The summed E-state index contributed by atoms with van der Waals surface area (Å²) in [5.74, 6) is -0.0397. The molecule has 192 valence electrons. The number of amides is 1. The van der Waals surface area contributed by atoms with E-state index in [9.17, 15) is 9.59 Å². The molecule has 3 aromatic rings. The van der Waals surface area contributed by atoms with E-state index in [1.54, 1.807) is 4.57 Å². The van der Waals surface area contributed by atoms with Crippen molar-refractivity contribution >= 4 is 34.3 Å². The van der Waals surface area contributed by atoms with Gasteiger partial charge >= 0.3 is 0 Å². The number of thioether (sulfide) groups is 1. The number of hydrogen-bond acceptors (Lipinski definition) is 6. The molecule has 0 radical (unpaired) electrons. The Morgan fingerprint density at radius 2 is 1.89 bits per heavy atom. The maximum Gasteiger partial charge on any atom is 0.262 e. The molecule has 36 heavy (non-hydrogen) atoms. The number of aromatic nitrogens is 2. The largest absolute Gasteiger partial charge is 0.378 e. The fraction of sp³-hybridized carbons (Fsp3) is 0.464. The van der Waals surface area contributed by atoms with Crippen LogP contribution in [0.5, 0.6) is 0 Å². The third-order valence-electron chi connectivity index (χ3n) is 6.51. The van der Waals surface area contributed by atoms with Gasteiger partial charge < -0.3 is 15.0 Å². The molecule has 7 nitrogen and oxygen atoms in total. The molecule has 1 aliphatic rings. The van der Waals surface area contributed by atoms with E-state index in [1.807, 2.05) is 56.3 Å². The first-order valence-corrected chi connectivity index (χ1v) is 13.7. The average molecular weight is 509 g/mol. The van der Waals surface area contributed by atoms with Crippen LogP contribution in [-0.4, -0.2) is 47.0 Å². The van der Waals surface area contributed by atoms with Crippen molar-refractivity contribution in [2.45, 2.75) is 63.5 Å². The number of carbonyl (C=O) groups excluding carboxylic acids is 1. The summed E-state index contributed by atoms with van der Waals surface area (Å²) in [4.78, 5) is 33.8. The van der Waals surface area contributed by atoms with Crippen molar-refractivity contribution in [2.75, 3.05) is 31.2 Å². The van der Waals surface area contributed by atoms with Gasteiger partial charge in [0.25, 0.3) is 5.56 Å². The van der Waals surface area contributed by atoms with Crippen LogP contribution in [0.25, 0.3) is 10.9 Å². The molecule has 0 bridgehead atoms. The Balaban J connectivity index is 1.58. The summed E-state index contributed by atoms with van der Waals surface area (Å²) in [5.41, 5.74) is 3.90. The average Bonchev–Trinajstić information content (AvgIpc) is 2.91. The van der Waals surface area contributed by atoms with Crippen molar-refractivity contribution < 1.29 is 9.53 Å². The Morgan fingerprint density at radius 1 is 1.14 bits per heavy atom. The molecule has 1 aliphatic heterocycles. The van der Waals surface area contributed by atoms with Gasteiger partial charge in [-0.1, -0.05) is 61.9 Å². The second-order valence-corrected chi connectivity index (χ2v) is 10.4. The lowest BCUT2D eigenvalue weighted by molar-refractivity contribution is -0.120. The van der Waals surface area contributed by atoms with Crippen LogP contribution in [0.3, 0.4) is 0 Å². The highest BCUT2D eigenvalue weighted by Gasteiger charge is 2.22. The minimum absolute atomic E-state index is 0.0397. The van der Waals surface area contributed by atoms with E-state index >= 15 is 0 Å². The molecule has 0 aliphatic carbocycles. The summed E-state index contributed by atoms with van der Waals surface area (Å²) in [7, 11) is 0. The number of aryl methyl sites for hydroxylation is 1. The summed E-state index contributed by atoms with van der Waals surface area (Å²) in [5, 5.41) is 3.95. The monoisotopic (exact) mass is 508 g/mol. The SMILES string of the molecule is CCCCn1c(S[C@@H](CC)C(=O)NCc2ccc(C)cc2)nc2ccc(N3CCOCC3)cc2c1=O. The van der Waals surface area contributed by atoms with Crippen LogP contribution >= 0.6 is 11.8 Å². The zero-order valence-electron chi connectivity index (χ0n) is 21.5. The first-order valence-electron chi connectivity index (χ1n) is 12.9. The van der Waals surface area contributed by atoms with E-state index in [4.69, 9.17) is 9.72 Å². The van der Waals surface area contributed by atoms with Crippen molar-refractivity contribution in [2.24, 2.45) is 0 Å². The maximum atomic E-state index is 13.6. The second-order valence-electron chi connectivity index (χ2n) is 9.22. The fourth-order valence-corrected chi connectivity index (χ4v) is 5.33. The maximum absolute atomic E-state index is 13.6. The number of hydrogen-bond donors (Lipinski definition) is 1. The number of nitrogens with zero attached hydrogens (tertiary/aromatic N) is 3. The molecule has 0 spiro atoms. The molecule has 2 heterocycles. The second kappa shape index (κ2) is 12.4. The lowest BCUT2D eigenvalue weighted by atomic mass is 10.1. The lowest BCUT2D eigenvalue weighted by Gasteiger charge is -2.29. The third kappa shape index (κ3) is 6.28. The van der Waals surface area contributed by atoms with Gasteiger partial charge in [-0.3, -0.25) is 14.2 Å². The topological polar surface area (TPSA) is 76.5 Å². The Kier molecular flexibility index (Phi) is 9.04. The summed E-state index contributed by atoms with van der Waals surface area (Å²) >= 11 is 1.39. The van der Waals surface area contributed by atoms with Gasteiger partial charge in [-0.15, -0.1) is 0 Å². The smallest absolute Gasteiger partial charge is 0.262 e. The van der Waals surface area contributed by atoms with Gasteiger partial charge in [-0.25, -0.2) is 4.98 Å². The minimum Gasteiger partial charge on any atom is -0.378 e. The first kappa shape index (κ1) is 26.2. The quantitative estimate of drug-likeness (QED) is 0.320. The van der Waals surface area contributed by atoms with Crippen LogP contribution in [0.1, 0.15) is 44.2 Å². The number of ether oxygens (including phenoxy) is 1. The zero-order valence-corrected chi connectivity index (χ0v) is 22.3. The van der Waals surface area contributed by atoms with E-state index in [-0.39, 0.29) is 16.7 Å². The van der Waals surface area contributed by atoms with Crippen LogP contribution in [0.4, 0.5) is 5.69 Å². The van der Waals surface area contributed by atoms with Gasteiger partial charge in [0.2, 0.25) is 5.91 Å². The molecule has 4 rings (SSSR count). The molecule has 1 fully saturated rings. The molecular formula is C28H36N4O3S. The van der Waals surface area contributed by atoms with Crippen molar-refractivity contribution in [1.29, 1.82) is 0 Å². The van der Waals surface area contributed by atoms with Gasteiger partial charge in [-0.2, -0.15) is 0 Å². The van der Waals surface area contributed by atoms with E-state index < -0.39 is 0 Å². The van der Waals surface area contributed by atoms with Gasteiger partial charge in [0.15, 0.2) is 5.16 Å². The number of carbonyl (C=O) groups is 1. The third-order valence-corrected chi connectivity index (χ3v) is 7.87. The number of anilines is 1. The molecule has 1 saturated heterocycles. The number of fused-ring (bicyclic) bond motifs is 1. The number of benzene rings is 2. The van der Waals surface area contributed by atoms with Gasteiger partial charge in [-0.05, 0) is 43.5 Å². The van der Waals surface area contributed by atoms with E-state index in [0.29, 0.717) is 48.8 Å². The highest BCUT2D eigenvalue weighted by Crippen LogP contribution is 2.27. The van der Waals surface area contributed by atoms with Gasteiger partial charge in [0, 0.05) is 31.9 Å². The predicted molar refractivity (Wildman–Crippen MR) is 147 cm³/mol. The summed E-state index contributed by atoms with van der Waals surface area (Å²) < 4.78 is 7.23. The highest BCUT2D eigenvalue weighted by molar-refractivity contribution is 8.00. The van der Waals surface area contributed by atoms with E-state index in [1.165, 1.54) is 17.3 Å². The van der Waals surface area contributed by atoms with Crippen molar-refractivity contribution in [1.82, 2.24) is 14.9 Å². The van der Waals surface area contributed by atoms with Crippen LogP contribution in [-0.2, 0) is 22.6 Å². The number of unbranched alkanes of at least 4 members (excludes halogenated alkanes) is 1. The predicted octanol–water partition coefficient (Wildman–Crippen LogP) is 4.53. The highest BCUT2D eigenvalue weighted by atomic mass is 32.2. The zero-order chi connectivity index (χ0) is 25.5.